The Morgan fingerprint density at radius 2 is 1.68 bits per heavy atom. The number of rotatable bonds is 8. The van der Waals surface area contributed by atoms with Crippen LogP contribution in [0.5, 0.6) is 11.5 Å². The smallest absolute Gasteiger partial charge is 0.144 e. The number of halogens is 1. The molecule has 0 bridgehead atoms. The predicted molar refractivity (Wildman–Crippen MR) is 117 cm³/mol. The number of benzene rings is 2. The number of hydrogen-bond acceptors (Lipinski definition) is 4. The molecule has 0 amide bonds. The summed E-state index contributed by atoms with van der Waals surface area (Å²) in [4.78, 5) is 0. The molecule has 5 heteroatoms. The first-order valence-corrected chi connectivity index (χ1v) is 9.93. The fraction of sp³-hybridized carbons (Fsp3) is 0.478. The molecule has 0 aliphatic heterocycles. The van der Waals surface area contributed by atoms with Crippen LogP contribution in [0, 0.1) is 5.41 Å². The maximum atomic E-state index is 6.46. The summed E-state index contributed by atoms with van der Waals surface area (Å²) in [6.45, 7) is 11.3. The van der Waals surface area contributed by atoms with Gasteiger partial charge in [-0.1, -0.05) is 50.6 Å². The van der Waals surface area contributed by atoms with Gasteiger partial charge in [-0.3, -0.25) is 0 Å². The summed E-state index contributed by atoms with van der Waals surface area (Å²) in [5, 5.41) is 4.17. The van der Waals surface area contributed by atoms with Crippen LogP contribution in [0.4, 0.5) is 5.69 Å². The van der Waals surface area contributed by atoms with E-state index < -0.39 is 0 Å². The molecule has 154 valence electrons. The Bertz CT molecular complexity index is 784. The van der Waals surface area contributed by atoms with E-state index in [4.69, 9.17) is 25.8 Å². The van der Waals surface area contributed by atoms with E-state index in [1.54, 1.807) is 14.2 Å². The fourth-order valence-corrected chi connectivity index (χ4v) is 3.22. The third kappa shape index (κ3) is 5.79. The van der Waals surface area contributed by atoms with Gasteiger partial charge in [0, 0.05) is 35.9 Å². The van der Waals surface area contributed by atoms with E-state index in [-0.39, 0.29) is 17.6 Å². The molecule has 28 heavy (non-hydrogen) atoms. The lowest BCUT2D eigenvalue weighted by molar-refractivity contribution is 0.133. The van der Waals surface area contributed by atoms with Crippen LogP contribution in [0.1, 0.15) is 51.8 Å². The minimum atomic E-state index is -0.355. The van der Waals surface area contributed by atoms with Crippen molar-refractivity contribution in [3.63, 3.8) is 0 Å². The zero-order valence-electron chi connectivity index (χ0n) is 17.9. The molecule has 0 heterocycles. The van der Waals surface area contributed by atoms with E-state index in [0.717, 1.165) is 34.9 Å². The zero-order chi connectivity index (χ0) is 20.9. The summed E-state index contributed by atoms with van der Waals surface area (Å²) in [6, 6.07) is 11.6. The molecule has 0 aliphatic rings. The average molecular weight is 406 g/mol. The largest absolute Gasteiger partial charge is 0.496 e. The molecule has 0 aromatic heterocycles. The molecule has 1 N–H and O–H groups in total. The highest BCUT2D eigenvalue weighted by molar-refractivity contribution is 6.31. The lowest BCUT2D eigenvalue weighted by Crippen LogP contribution is -2.21. The van der Waals surface area contributed by atoms with Gasteiger partial charge in [0.05, 0.1) is 18.9 Å². The van der Waals surface area contributed by atoms with Crippen LogP contribution in [-0.4, -0.2) is 26.9 Å². The number of ether oxygens (including phenoxy) is 3. The van der Waals surface area contributed by atoms with E-state index in [1.807, 2.05) is 50.2 Å². The van der Waals surface area contributed by atoms with Gasteiger partial charge in [-0.05, 0) is 31.4 Å². The van der Waals surface area contributed by atoms with Crippen LogP contribution in [0.3, 0.4) is 0 Å². The monoisotopic (exact) mass is 405 g/mol. The quantitative estimate of drug-likeness (QED) is 0.557. The molecule has 1 unspecified atom stereocenters. The molecule has 1 atom stereocenters. The van der Waals surface area contributed by atoms with Gasteiger partial charge in [0.25, 0.3) is 0 Å². The SMILES string of the molecule is COc1ccccc1C(OC)c1cc(Cl)cc(OC(C)C)c1NCC(C)(C)C. The van der Waals surface area contributed by atoms with Crippen molar-refractivity contribution in [2.45, 2.75) is 46.8 Å². The second-order valence-electron chi connectivity index (χ2n) is 8.31. The molecule has 2 aromatic carbocycles. The Kier molecular flexibility index (Phi) is 7.62. The summed E-state index contributed by atoms with van der Waals surface area (Å²) >= 11 is 6.46. The highest BCUT2D eigenvalue weighted by atomic mass is 35.5. The summed E-state index contributed by atoms with van der Waals surface area (Å²) in [5.41, 5.74) is 2.84. The van der Waals surface area contributed by atoms with Crippen molar-refractivity contribution in [2.75, 3.05) is 26.1 Å². The number of para-hydroxylation sites is 1. The standard InChI is InChI=1S/C23H32ClNO3/c1-15(2)28-20-13-16(24)12-18(21(20)25-14-23(3,4)5)22(27-7)17-10-8-9-11-19(17)26-6/h8-13,15,22,25H,14H2,1-7H3. The molecular formula is C23H32ClNO3. The number of methoxy groups -OCH3 is 2. The van der Waals surface area contributed by atoms with Gasteiger partial charge in [-0.15, -0.1) is 0 Å². The molecule has 0 fully saturated rings. The molecule has 0 saturated carbocycles. The van der Waals surface area contributed by atoms with Gasteiger partial charge in [-0.25, -0.2) is 0 Å². The lowest BCUT2D eigenvalue weighted by atomic mass is 9.95. The van der Waals surface area contributed by atoms with E-state index in [1.165, 1.54) is 0 Å². The highest BCUT2D eigenvalue weighted by Gasteiger charge is 2.25. The summed E-state index contributed by atoms with van der Waals surface area (Å²) in [7, 11) is 3.35. The van der Waals surface area contributed by atoms with Crippen molar-refractivity contribution in [2.24, 2.45) is 5.41 Å². The zero-order valence-corrected chi connectivity index (χ0v) is 18.7. The first kappa shape index (κ1) is 22.4. The van der Waals surface area contributed by atoms with Crippen LogP contribution < -0.4 is 14.8 Å². The van der Waals surface area contributed by atoms with Crippen LogP contribution >= 0.6 is 11.6 Å². The molecule has 0 radical (unpaired) electrons. The van der Waals surface area contributed by atoms with Crippen molar-refractivity contribution in [1.29, 1.82) is 0 Å². The van der Waals surface area contributed by atoms with Gasteiger partial charge in [0.1, 0.15) is 17.6 Å². The molecule has 2 aromatic rings. The number of hydrogen-bond donors (Lipinski definition) is 1. The first-order chi connectivity index (χ1) is 13.2. The van der Waals surface area contributed by atoms with E-state index in [2.05, 4.69) is 26.1 Å². The summed E-state index contributed by atoms with van der Waals surface area (Å²) < 4.78 is 17.6. The van der Waals surface area contributed by atoms with Crippen molar-refractivity contribution in [3.8, 4) is 11.5 Å². The van der Waals surface area contributed by atoms with Gasteiger partial charge < -0.3 is 19.5 Å². The first-order valence-electron chi connectivity index (χ1n) is 9.56. The van der Waals surface area contributed by atoms with E-state index >= 15 is 0 Å². The normalized spacial score (nSPS) is 12.8. The van der Waals surface area contributed by atoms with E-state index in [9.17, 15) is 0 Å². The maximum absolute atomic E-state index is 6.46. The Hall–Kier alpha value is -1.91. The van der Waals surface area contributed by atoms with Crippen molar-refractivity contribution >= 4 is 17.3 Å². The minimum absolute atomic E-state index is 0.0220. The Morgan fingerprint density at radius 1 is 1.00 bits per heavy atom. The van der Waals surface area contributed by atoms with Crippen LogP contribution in [0.25, 0.3) is 0 Å². The second-order valence-corrected chi connectivity index (χ2v) is 8.74. The third-order valence-electron chi connectivity index (χ3n) is 4.20. The third-order valence-corrected chi connectivity index (χ3v) is 4.41. The Morgan fingerprint density at radius 3 is 2.25 bits per heavy atom. The van der Waals surface area contributed by atoms with Gasteiger partial charge in [0.15, 0.2) is 0 Å². The van der Waals surface area contributed by atoms with Crippen molar-refractivity contribution in [3.05, 3.63) is 52.5 Å². The van der Waals surface area contributed by atoms with Crippen molar-refractivity contribution in [1.82, 2.24) is 0 Å². The second kappa shape index (κ2) is 9.53. The molecule has 0 saturated heterocycles. The topological polar surface area (TPSA) is 39.7 Å². The predicted octanol–water partition coefficient (Wildman–Crippen LogP) is 6.33. The number of anilines is 1. The van der Waals surface area contributed by atoms with Crippen molar-refractivity contribution < 1.29 is 14.2 Å². The minimum Gasteiger partial charge on any atom is -0.496 e. The Labute approximate surface area is 174 Å². The van der Waals surface area contributed by atoms with E-state index in [0.29, 0.717) is 5.02 Å². The summed E-state index contributed by atoms with van der Waals surface area (Å²) in [6.07, 6.45) is -0.333. The lowest BCUT2D eigenvalue weighted by Gasteiger charge is -2.27. The fourth-order valence-electron chi connectivity index (χ4n) is 3.00. The molecule has 0 spiro atoms. The molecule has 4 nitrogen and oxygen atoms in total. The molecule has 2 rings (SSSR count). The van der Waals surface area contributed by atoms with Gasteiger partial charge in [0.2, 0.25) is 0 Å². The van der Waals surface area contributed by atoms with Gasteiger partial charge in [-0.2, -0.15) is 0 Å². The molecular weight excluding hydrogens is 374 g/mol. The van der Waals surface area contributed by atoms with Gasteiger partial charge >= 0.3 is 0 Å². The van der Waals surface area contributed by atoms with Crippen LogP contribution in [0.15, 0.2) is 36.4 Å². The Balaban J connectivity index is 2.63. The molecule has 0 aliphatic carbocycles. The van der Waals surface area contributed by atoms with Crippen LogP contribution in [-0.2, 0) is 4.74 Å². The maximum Gasteiger partial charge on any atom is 0.144 e. The number of nitrogens with one attached hydrogen (secondary N) is 1. The highest BCUT2D eigenvalue weighted by Crippen LogP contribution is 2.42. The van der Waals surface area contributed by atoms with Crippen LogP contribution in [0.2, 0.25) is 5.02 Å². The average Bonchev–Trinajstić information content (AvgIpc) is 2.60. The summed E-state index contributed by atoms with van der Waals surface area (Å²) in [5.74, 6) is 1.49.